The summed E-state index contributed by atoms with van der Waals surface area (Å²) in [6, 6.07) is 0. The van der Waals surface area contributed by atoms with Crippen molar-refractivity contribution in [3.63, 3.8) is 0 Å². The van der Waals surface area contributed by atoms with Gasteiger partial charge in [-0.05, 0) is 6.42 Å². The first-order valence-electron chi connectivity index (χ1n) is 2.18. The SMILES string of the molecule is CCCCOO.[NaH]. The Labute approximate surface area is 66.1 Å². The summed E-state index contributed by atoms with van der Waals surface area (Å²) in [5.41, 5.74) is 0. The van der Waals surface area contributed by atoms with Crippen molar-refractivity contribution in [2.24, 2.45) is 0 Å². The standard InChI is InChI=1S/C4H10O2.Na.H/c1-2-3-4-6-5;;/h5H,2-4H2,1H3;;. The molecule has 0 amide bonds. The van der Waals surface area contributed by atoms with E-state index in [9.17, 15) is 0 Å². The maximum absolute atomic E-state index is 7.70. The van der Waals surface area contributed by atoms with E-state index in [2.05, 4.69) is 4.89 Å². The average Bonchev–Trinajstić information content (AvgIpc) is 1.61. The van der Waals surface area contributed by atoms with E-state index in [1.54, 1.807) is 0 Å². The predicted octanol–water partition coefficient (Wildman–Crippen LogP) is 0.628. The molecule has 0 aliphatic rings. The van der Waals surface area contributed by atoms with Gasteiger partial charge in [-0.15, -0.1) is 0 Å². The molecule has 0 bridgehead atoms. The van der Waals surface area contributed by atoms with Gasteiger partial charge in [0.2, 0.25) is 0 Å². The minimum absolute atomic E-state index is 0. The van der Waals surface area contributed by atoms with Crippen LogP contribution in [0.4, 0.5) is 0 Å². The number of rotatable bonds is 3. The monoisotopic (exact) mass is 114 g/mol. The quantitative estimate of drug-likeness (QED) is 0.252. The van der Waals surface area contributed by atoms with Gasteiger partial charge in [-0.3, -0.25) is 5.26 Å². The van der Waals surface area contributed by atoms with E-state index in [1.165, 1.54) is 0 Å². The molecular weight excluding hydrogens is 103 g/mol. The maximum atomic E-state index is 7.70. The predicted molar refractivity (Wildman–Crippen MR) is 30.6 cm³/mol. The molecule has 0 aromatic rings. The molecule has 0 atom stereocenters. The summed E-state index contributed by atoms with van der Waals surface area (Å²) < 4.78 is 0. The summed E-state index contributed by atoms with van der Waals surface area (Å²) in [6.07, 6.45) is 2.01. The number of unbranched alkanes of at least 4 members (excludes halogenated alkanes) is 1. The van der Waals surface area contributed by atoms with Crippen molar-refractivity contribution in [3.05, 3.63) is 0 Å². The van der Waals surface area contributed by atoms with Gasteiger partial charge < -0.3 is 0 Å². The van der Waals surface area contributed by atoms with Gasteiger partial charge in [-0.25, -0.2) is 4.89 Å². The molecule has 0 radical (unpaired) electrons. The first kappa shape index (κ1) is 10.8. The van der Waals surface area contributed by atoms with E-state index in [-0.39, 0.29) is 29.6 Å². The fourth-order valence-electron chi connectivity index (χ4n) is 0.209. The van der Waals surface area contributed by atoms with Gasteiger partial charge in [-0.2, -0.15) is 0 Å². The van der Waals surface area contributed by atoms with Crippen LogP contribution in [0.2, 0.25) is 0 Å². The van der Waals surface area contributed by atoms with E-state index in [0.717, 1.165) is 12.8 Å². The molecule has 0 aromatic heterocycles. The van der Waals surface area contributed by atoms with Crippen LogP contribution in [-0.4, -0.2) is 41.4 Å². The molecule has 0 unspecified atom stereocenters. The van der Waals surface area contributed by atoms with Crippen LogP contribution >= 0.6 is 0 Å². The van der Waals surface area contributed by atoms with Crippen LogP contribution in [0, 0.1) is 0 Å². The van der Waals surface area contributed by atoms with Crippen LogP contribution in [0.1, 0.15) is 19.8 Å². The van der Waals surface area contributed by atoms with Crippen molar-refractivity contribution < 1.29 is 10.1 Å². The molecule has 1 N–H and O–H groups in total. The summed E-state index contributed by atoms with van der Waals surface area (Å²) in [5, 5.41) is 7.70. The van der Waals surface area contributed by atoms with Crippen molar-refractivity contribution in [2.45, 2.75) is 19.8 Å². The van der Waals surface area contributed by atoms with Crippen molar-refractivity contribution in [1.82, 2.24) is 0 Å². The second-order valence-corrected chi connectivity index (χ2v) is 1.19. The van der Waals surface area contributed by atoms with Gasteiger partial charge in [-0.1, -0.05) is 13.3 Å². The molecule has 0 aromatic carbocycles. The van der Waals surface area contributed by atoms with Gasteiger partial charge in [0.25, 0.3) is 0 Å². The van der Waals surface area contributed by atoms with E-state index in [1.807, 2.05) is 6.92 Å². The molecule has 0 aliphatic heterocycles. The summed E-state index contributed by atoms with van der Waals surface area (Å²) in [4.78, 5) is 3.78. The van der Waals surface area contributed by atoms with Crippen molar-refractivity contribution in [3.8, 4) is 0 Å². The van der Waals surface area contributed by atoms with Crippen LogP contribution in [0.5, 0.6) is 0 Å². The third kappa shape index (κ3) is 10.9. The third-order valence-electron chi connectivity index (χ3n) is 0.589. The van der Waals surface area contributed by atoms with Gasteiger partial charge in [0.05, 0.1) is 6.61 Å². The fourth-order valence-corrected chi connectivity index (χ4v) is 0.209. The minimum atomic E-state index is 0. The topological polar surface area (TPSA) is 29.5 Å². The molecule has 2 nitrogen and oxygen atoms in total. The first-order chi connectivity index (χ1) is 2.91. The molecule has 0 saturated carbocycles. The normalized spacial score (nSPS) is 7.71. The number of hydrogen-bond acceptors (Lipinski definition) is 2. The van der Waals surface area contributed by atoms with Crippen LogP contribution in [0.15, 0.2) is 0 Å². The van der Waals surface area contributed by atoms with Crippen LogP contribution in [0.25, 0.3) is 0 Å². The van der Waals surface area contributed by atoms with Gasteiger partial charge in [0.15, 0.2) is 0 Å². The Kier molecular flexibility index (Phi) is 15.5. The first-order valence-corrected chi connectivity index (χ1v) is 2.18. The molecule has 0 rings (SSSR count). The third-order valence-corrected chi connectivity index (χ3v) is 0.589. The molecule has 0 fully saturated rings. The van der Waals surface area contributed by atoms with Gasteiger partial charge >= 0.3 is 29.6 Å². The van der Waals surface area contributed by atoms with E-state index >= 15 is 0 Å². The van der Waals surface area contributed by atoms with E-state index in [0.29, 0.717) is 6.61 Å². The second-order valence-electron chi connectivity index (χ2n) is 1.19. The van der Waals surface area contributed by atoms with Crippen LogP contribution in [-0.2, 0) is 4.89 Å². The van der Waals surface area contributed by atoms with Crippen LogP contribution < -0.4 is 0 Å². The molecular formula is C4H11NaO2. The molecule has 0 heterocycles. The zero-order chi connectivity index (χ0) is 4.83. The molecule has 7 heavy (non-hydrogen) atoms. The van der Waals surface area contributed by atoms with Crippen molar-refractivity contribution in [2.75, 3.05) is 6.61 Å². The summed E-state index contributed by atoms with van der Waals surface area (Å²) >= 11 is 0. The Morgan fingerprint density at radius 3 is 2.29 bits per heavy atom. The summed E-state index contributed by atoms with van der Waals surface area (Å²) in [6.45, 7) is 2.51. The molecule has 0 spiro atoms. The Bertz CT molecular complexity index is 21.7. The zero-order valence-corrected chi connectivity index (χ0v) is 3.98. The second kappa shape index (κ2) is 10.0. The average molecular weight is 114 g/mol. The molecule has 3 heteroatoms. The Hall–Kier alpha value is 0.920. The van der Waals surface area contributed by atoms with E-state index in [4.69, 9.17) is 5.26 Å². The molecule has 0 aliphatic carbocycles. The Morgan fingerprint density at radius 2 is 2.14 bits per heavy atom. The zero-order valence-electron chi connectivity index (χ0n) is 3.98. The molecule has 40 valence electrons. The summed E-state index contributed by atoms with van der Waals surface area (Å²) in [7, 11) is 0. The molecule has 0 saturated heterocycles. The fraction of sp³-hybridized carbons (Fsp3) is 1.00. The number of hydrogen-bond donors (Lipinski definition) is 1. The van der Waals surface area contributed by atoms with Crippen molar-refractivity contribution >= 4 is 29.6 Å². The van der Waals surface area contributed by atoms with Crippen LogP contribution in [0.3, 0.4) is 0 Å². The van der Waals surface area contributed by atoms with Gasteiger partial charge in [0.1, 0.15) is 0 Å². The van der Waals surface area contributed by atoms with Gasteiger partial charge in [0, 0.05) is 0 Å². The van der Waals surface area contributed by atoms with E-state index < -0.39 is 0 Å². The van der Waals surface area contributed by atoms with Crippen molar-refractivity contribution in [1.29, 1.82) is 0 Å². The summed E-state index contributed by atoms with van der Waals surface area (Å²) in [5.74, 6) is 0. The Balaban J connectivity index is 0. The Morgan fingerprint density at radius 1 is 1.57 bits per heavy atom.